The number of nitrogens with zero attached hydrogens (tertiary/aromatic N) is 5. The van der Waals surface area contributed by atoms with Crippen molar-refractivity contribution in [1.29, 1.82) is 0 Å². The van der Waals surface area contributed by atoms with Crippen molar-refractivity contribution in [2.24, 2.45) is 0 Å². The molecule has 4 aromatic heterocycles. The van der Waals surface area contributed by atoms with Crippen LogP contribution in [0.5, 0.6) is 0 Å². The SMILES string of the molecule is c1cc(-c2ccc(-c3nccn3CCc3noc(C4CC4)n3)o2)[nH]n1. The third-order valence-corrected chi connectivity index (χ3v) is 4.29. The van der Waals surface area contributed by atoms with Gasteiger partial charge in [0.25, 0.3) is 0 Å². The predicted molar refractivity (Wildman–Crippen MR) is 87.5 cm³/mol. The molecular formula is C17H16N6O2. The van der Waals surface area contributed by atoms with E-state index in [4.69, 9.17) is 8.94 Å². The van der Waals surface area contributed by atoms with Crippen LogP contribution in [0.25, 0.3) is 23.0 Å². The first-order chi connectivity index (χ1) is 12.4. The summed E-state index contributed by atoms with van der Waals surface area (Å²) in [6.07, 6.45) is 8.39. The van der Waals surface area contributed by atoms with Crippen LogP contribution in [0, 0.1) is 0 Å². The minimum Gasteiger partial charge on any atom is -0.451 e. The van der Waals surface area contributed by atoms with Crippen LogP contribution in [0.4, 0.5) is 0 Å². The maximum Gasteiger partial charge on any atom is 0.229 e. The molecule has 5 rings (SSSR count). The molecule has 0 radical (unpaired) electrons. The predicted octanol–water partition coefficient (Wildman–Crippen LogP) is 3.04. The van der Waals surface area contributed by atoms with E-state index in [-0.39, 0.29) is 0 Å². The number of aromatic amines is 1. The van der Waals surface area contributed by atoms with E-state index >= 15 is 0 Å². The highest BCUT2D eigenvalue weighted by Gasteiger charge is 2.29. The summed E-state index contributed by atoms with van der Waals surface area (Å²) in [7, 11) is 0. The number of aromatic nitrogens is 6. The van der Waals surface area contributed by atoms with Crippen LogP contribution in [-0.2, 0) is 13.0 Å². The van der Waals surface area contributed by atoms with Gasteiger partial charge in [0.15, 0.2) is 23.2 Å². The minimum atomic E-state index is 0.481. The van der Waals surface area contributed by atoms with Gasteiger partial charge in [0.2, 0.25) is 5.89 Å². The van der Waals surface area contributed by atoms with Crippen LogP contribution in [0.1, 0.15) is 30.5 Å². The van der Waals surface area contributed by atoms with Gasteiger partial charge in [-0.3, -0.25) is 5.10 Å². The van der Waals surface area contributed by atoms with Crippen LogP contribution >= 0.6 is 0 Å². The first-order valence-electron chi connectivity index (χ1n) is 8.30. The van der Waals surface area contributed by atoms with Gasteiger partial charge in [-0.2, -0.15) is 10.1 Å². The molecule has 4 heterocycles. The lowest BCUT2D eigenvalue weighted by atomic mass is 10.3. The number of H-pyrrole nitrogens is 1. The summed E-state index contributed by atoms with van der Waals surface area (Å²) in [6.45, 7) is 0.707. The van der Waals surface area contributed by atoms with Gasteiger partial charge in [0.05, 0.1) is 0 Å². The molecule has 8 heteroatoms. The molecular weight excluding hydrogens is 320 g/mol. The van der Waals surface area contributed by atoms with Gasteiger partial charge in [-0.1, -0.05) is 5.16 Å². The van der Waals surface area contributed by atoms with Crippen molar-refractivity contribution in [3.8, 4) is 23.0 Å². The molecule has 0 aliphatic heterocycles. The summed E-state index contributed by atoms with van der Waals surface area (Å²) in [5.41, 5.74) is 0.837. The van der Waals surface area contributed by atoms with Gasteiger partial charge in [-0.15, -0.1) is 0 Å². The van der Waals surface area contributed by atoms with Crippen molar-refractivity contribution in [1.82, 2.24) is 29.9 Å². The van der Waals surface area contributed by atoms with E-state index in [0.29, 0.717) is 24.6 Å². The van der Waals surface area contributed by atoms with E-state index in [1.54, 1.807) is 12.4 Å². The smallest absolute Gasteiger partial charge is 0.229 e. The summed E-state index contributed by atoms with van der Waals surface area (Å²) < 4.78 is 13.2. The molecule has 0 atom stereocenters. The standard InChI is InChI=1S/C17H16N6O2/c1-2-11(1)17-20-15(22-25-17)6-9-23-10-8-18-16(23)14-4-3-13(24-14)12-5-7-19-21-12/h3-5,7-8,10-11H,1-2,6,9H2,(H,19,21). The average molecular weight is 336 g/mol. The van der Waals surface area contributed by atoms with Crippen LogP contribution in [0.3, 0.4) is 0 Å². The number of aryl methyl sites for hydroxylation is 2. The number of imidazole rings is 1. The van der Waals surface area contributed by atoms with E-state index in [2.05, 4.69) is 25.3 Å². The Bertz CT molecular complexity index is 977. The summed E-state index contributed by atoms with van der Waals surface area (Å²) in [5, 5.41) is 10.9. The summed E-state index contributed by atoms with van der Waals surface area (Å²) in [4.78, 5) is 8.88. The first kappa shape index (κ1) is 14.2. The van der Waals surface area contributed by atoms with E-state index in [1.807, 2.05) is 29.0 Å². The van der Waals surface area contributed by atoms with Gasteiger partial charge >= 0.3 is 0 Å². The topological polar surface area (TPSA) is 98.6 Å². The van der Waals surface area contributed by atoms with Crippen LogP contribution in [0.2, 0.25) is 0 Å². The summed E-state index contributed by atoms with van der Waals surface area (Å²) >= 11 is 0. The van der Waals surface area contributed by atoms with Crippen LogP contribution < -0.4 is 0 Å². The second-order valence-electron chi connectivity index (χ2n) is 6.15. The summed E-state index contributed by atoms with van der Waals surface area (Å²) in [6, 6.07) is 5.68. The van der Waals surface area contributed by atoms with Gasteiger partial charge in [-0.25, -0.2) is 4.98 Å². The Hall–Kier alpha value is -3.16. The zero-order valence-electron chi connectivity index (χ0n) is 13.4. The fourth-order valence-corrected chi connectivity index (χ4v) is 2.80. The molecule has 1 N–H and O–H groups in total. The Morgan fingerprint density at radius 2 is 2.08 bits per heavy atom. The normalized spacial score (nSPS) is 14.2. The number of hydrogen-bond acceptors (Lipinski definition) is 6. The second-order valence-corrected chi connectivity index (χ2v) is 6.15. The lowest BCUT2D eigenvalue weighted by Crippen LogP contribution is -2.03. The largest absolute Gasteiger partial charge is 0.451 e. The summed E-state index contributed by atoms with van der Waals surface area (Å²) in [5.74, 6) is 4.21. The van der Waals surface area contributed by atoms with Gasteiger partial charge < -0.3 is 13.5 Å². The fourth-order valence-electron chi connectivity index (χ4n) is 2.80. The zero-order chi connectivity index (χ0) is 16.6. The molecule has 0 spiro atoms. The van der Waals surface area contributed by atoms with Crippen molar-refractivity contribution < 1.29 is 8.94 Å². The van der Waals surface area contributed by atoms with Gasteiger partial charge in [0.1, 0.15) is 5.69 Å². The lowest BCUT2D eigenvalue weighted by Gasteiger charge is -2.03. The van der Waals surface area contributed by atoms with Gasteiger partial charge in [0, 0.05) is 37.5 Å². The molecule has 25 heavy (non-hydrogen) atoms. The molecule has 0 unspecified atom stereocenters. The number of nitrogens with one attached hydrogen (secondary N) is 1. The van der Waals surface area contributed by atoms with E-state index in [0.717, 1.165) is 41.8 Å². The quantitative estimate of drug-likeness (QED) is 0.581. The van der Waals surface area contributed by atoms with Crippen molar-refractivity contribution in [3.63, 3.8) is 0 Å². The molecule has 0 saturated heterocycles. The fraction of sp³-hybridized carbons (Fsp3) is 0.294. The molecule has 1 aliphatic rings. The van der Waals surface area contributed by atoms with Gasteiger partial charge in [-0.05, 0) is 31.0 Å². The van der Waals surface area contributed by atoms with Crippen molar-refractivity contribution >= 4 is 0 Å². The molecule has 1 fully saturated rings. The average Bonchev–Trinajstić information content (AvgIpc) is 3.15. The van der Waals surface area contributed by atoms with Crippen molar-refractivity contribution in [2.45, 2.75) is 31.7 Å². The number of rotatable bonds is 6. The highest BCUT2D eigenvalue weighted by molar-refractivity contribution is 5.58. The third-order valence-electron chi connectivity index (χ3n) is 4.29. The molecule has 1 aliphatic carbocycles. The number of hydrogen-bond donors (Lipinski definition) is 1. The molecule has 0 aromatic carbocycles. The van der Waals surface area contributed by atoms with E-state index in [1.165, 1.54) is 0 Å². The highest BCUT2D eigenvalue weighted by Crippen LogP contribution is 2.38. The van der Waals surface area contributed by atoms with Crippen molar-refractivity contribution in [3.05, 3.63) is 48.5 Å². The Balaban J connectivity index is 1.33. The molecule has 4 aromatic rings. The highest BCUT2D eigenvalue weighted by atomic mass is 16.5. The van der Waals surface area contributed by atoms with Crippen LogP contribution in [-0.4, -0.2) is 29.9 Å². The maximum absolute atomic E-state index is 5.90. The zero-order valence-corrected chi connectivity index (χ0v) is 13.4. The third kappa shape index (κ3) is 2.75. The first-order valence-corrected chi connectivity index (χ1v) is 8.30. The van der Waals surface area contributed by atoms with E-state index in [9.17, 15) is 0 Å². The molecule has 1 saturated carbocycles. The second kappa shape index (κ2) is 5.73. The van der Waals surface area contributed by atoms with Crippen molar-refractivity contribution in [2.75, 3.05) is 0 Å². The minimum absolute atomic E-state index is 0.481. The molecule has 0 bridgehead atoms. The Morgan fingerprint density at radius 1 is 1.16 bits per heavy atom. The Labute approximate surface area is 142 Å². The Morgan fingerprint density at radius 3 is 2.92 bits per heavy atom. The number of furan rings is 1. The maximum atomic E-state index is 5.90. The monoisotopic (exact) mass is 336 g/mol. The molecule has 0 amide bonds. The van der Waals surface area contributed by atoms with E-state index < -0.39 is 0 Å². The van der Waals surface area contributed by atoms with Crippen LogP contribution in [0.15, 0.2) is 45.7 Å². The molecule has 8 nitrogen and oxygen atoms in total. The molecule has 126 valence electrons. The Kier molecular flexibility index (Phi) is 3.26. The lowest BCUT2D eigenvalue weighted by molar-refractivity contribution is 0.373.